The highest BCUT2D eigenvalue weighted by Crippen LogP contribution is 2.20. The van der Waals surface area contributed by atoms with E-state index in [1.54, 1.807) is 36.4 Å². The van der Waals surface area contributed by atoms with Crippen LogP contribution < -0.4 is 10.1 Å². The number of amides is 1. The quantitative estimate of drug-likeness (QED) is 0.547. The molecule has 2 aromatic carbocycles. The highest BCUT2D eigenvalue weighted by molar-refractivity contribution is 7.99. The predicted octanol–water partition coefficient (Wildman–Crippen LogP) is 4.40. The number of carbonyl (C=O) groups excluding carboxylic acids is 1. The van der Waals surface area contributed by atoms with Crippen molar-refractivity contribution in [3.63, 3.8) is 0 Å². The zero-order valence-electron chi connectivity index (χ0n) is 15.1. The van der Waals surface area contributed by atoms with Gasteiger partial charge in [0.05, 0.1) is 5.75 Å². The lowest BCUT2D eigenvalue weighted by molar-refractivity contribution is -0.113. The van der Waals surface area contributed by atoms with E-state index in [0.29, 0.717) is 34.0 Å². The normalized spacial score (nSPS) is 10.7. The largest absolute Gasteiger partial charge is 0.486 e. The second-order valence-electron chi connectivity index (χ2n) is 5.73. The Morgan fingerprint density at radius 3 is 2.75 bits per heavy atom. The van der Waals surface area contributed by atoms with Gasteiger partial charge >= 0.3 is 0 Å². The van der Waals surface area contributed by atoms with Gasteiger partial charge in [0.25, 0.3) is 0 Å². The zero-order chi connectivity index (χ0) is 19.9. The first-order valence-corrected chi connectivity index (χ1v) is 9.90. The smallest absolute Gasteiger partial charge is 0.234 e. The Morgan fingerprint density at radius 1 is 1.25 bits per heavy atom. The van der Waals surface area contributed by atoms with Gasteiger partial charge in [-0.2, -0.15) is 0 Å². The fourth-order valence-electron chi connectivity index (χ4n) is 2.42. The zero-order valence-corrected chi connectivity index (χ0v) is 16.6. The molecule has 0 unspecified atom stereocenters. The van der Waals surface area contributed by atoms with Crippen molar-refractivity contribution in [2.45, 2.75) is 25.2 Å². The van der Waals surface area contributed by atoms with Crippen LogP contribution in [-0.2, 0) is 17.9 Å². The number of nitrogens with one attached hydrogen (secondary N) is 1. The molecule has 0 aliphatic heterocycles. The van der Waals surface area contributed by atoms with E-state index in [-0.39, 0.29) is 24.1 Å². The van der Waals surface area contributed by atoms with Gasteiger partial charge in [0.15, 0.2) is 11.0 Å². The molecule has 0 atom stereocenters. The average Bonchev–Trinajstić information content (AvgIpc) is 3.08. The molecule has 28 heavy (non-hydrogen) atoms. The third-order valence-electron chi connectivity index (χ3n) is 3.73. The standard InChI is InChI=1S/C19H18ClFN4O2S/c1-2-25-17(11-27-16-8-6-14(21)7-9-16)23-24-19(25)28-12-18(26)22-15-5-3-4-13(20)10-15/h3-10H,2,11-12H2,1H3,(H,22,26). The van der Waals surface area contributed by atoms with Crippen molar-refractivity contribution in [1.82, 2.24) is 14.8 Å². The van der Waals surface area contributed by atoms with Gasteiger partial charge in [0.1, 0.15) is 18.2 Å². The number of benzene rings is 2. The van der Waals surface area contributed by atoms with Gasteiger partial charge in [-0.05, 0) is 49.4 Å². The first kappa shape index (κ1) is 20.2. The minimum absolute atomic E-state index is 0.165. The minimum Gasteiger partial charge on any atom is -0.486 e. The first-order valence-electron chi connectivity index (χ1n) is 8.54. The van der Waals surface area contributed by atoms with Crippen molar-refractivity contribution in [2.24, 2.45) is 0 Å². The number of carbonyl (C=O) groups is 1. The molecule has 146 valence electrons. The van der Waals surface area contributed by atoms with E-state index in [1.807, 2.05) is 11.5 Å². The maximum absolute atomic E-state index is 13.0. The number of hydrogen-bond acceptors (Lipinski definition) is 5. The number of halogens is 2. The molecule has 0 aliphatic carbocycles. The summed E-state index contributed by atoms with van der Waals surface area (Å²) in [5, 5.41) is 12.3. The lowest BCUT2D eigenvalue weighted by Gasteiger charge is -2.09. The molecule has 0 fully saturated rings. The summed E-state index contributed by atoms with van der Waals surface area (Å²) in [5.41, 5.74) is 0.642. The number of hydrogen-bond donors (Lipinski definition) is 1. The molecule has 0 radical (unpaired) electrons. The maximum atomic E-state index is 13.0. The number of rotatable bonds is 8. The number of aromatic nitrogens is 3. The van der Waals surface area contributed by atoms with Gasteiger partial charge in [-0.15, -0.1) is 10.2 Å². The van der Waals surface area contributed by atoms with Gasteiger partial charge in [-0.1, -0.05) is 29.4 Å². The number of nitrogens with zero attached hydrogens (tertiary/aromatic N) is 3. The summed E-state index contributed by atoms with van der Waals surface area (Å²) in [6.45, 7) is 2.79. The Kier molecular flexibility index (Phi) is 6.89. The molecule has 6 nitrogen and oxygen atoms in total. The summed E-state index contributed by atoms with van der Waals surface area (Å²) in [4.78, 5) is 12.2. The van der Waals surface area contributed by atoms with Gasteiger partial charge in [0, 0.05) is 17.3 Å². The lowest BCUT2D eigenvalue weighted by Crippen LogP contribution is -2.14. The fourth-order valence-corrected chi connectivity index (χ4v) is 3.43. The Morgan fingerprint density at radius 2 is 2.04 bits per heavy atom. The highest BCUT2D eigenvalue weighted by atomic mass is 35.5. The van der Waals surface area contributed by atoms with E-state index in [4.69, 9.17) is 16.3 Å². The van der Waals surface area contributed by atoms with Crippen LogP contribution in [-0.4, -0.2) is 26.4 Å². The number of anilines is 1. The van der Waals surface area contributed by atoms with Crippen LogP contribution in [0.5, 0.6) is 5.75 Å². The SMILES string of the molecule is CCn1c(COc2ccc(F)cc2)nnc1SCC(=O)Nc1cccc(Cl)c1. The van der Waals surface area contributed by atoms with E-state index in [2.05, 4.69) is 15.5 Å². The van der Waals surface area contributed by atoms with Crippen LogP contribution in [0, 0.1) is 5.82 Å². The Bertz CT molecular complexity index is 949. The van der Waals surface area contributed by atoms with Crippen molar-refractivity contribution < 1.29 is 13.9 Å². The maximum Gasteiger partial charge on any atom is 0.234 e. The lowest BCUT2D eigenvalue weighted by atomic mass is 10.3. The first-order chi connectivity index (χ1) is 13.5. The molecular weight excluding hydrogens is 403 g/mol. The van der Waals surface area contributed by atoms with Gasteiger partial charge in [-0.3, -0.25) is 4.79 Å². The molecule has 0 spiro atoms. The third kappa shape index (κ3) is 5.46. The molecule has 3 aromatic rings. The molecule has 0 aliphatic rings. The molecule has 1 amide bonds. The summed E-state index contributed by atoms with van der Waals surface area (Å²) in [6.07, 6.45) is 0. The van der Waals surface area contributed by atoms with Crippen molar-refractivity contribution in [3.8, 4) is 5.75 Å². The van der Waals surface area contributed by atoms with Crippen LogP contribution in [0.15, 0.2) is 53.7 Å². The second-order valence-corrected chi connectivity index (χ2v) is 7.11. The average molecular weight is 421 g/mol. The van der Waals surface area contributed by atoms with Crippen LogP contribution in [0.1, 0.15) is 12.7 Å². The summed E-state index contributed by atoms with van der Waals surface area (Å²) in [6, 6.07) is 12.7. The van der Waals surface area contributed by atoms with Gasteiger partial charge in [-0.25, -0.2) is 4.39 Å². The molecule has 0 saturated carbocycles. The van der Waals surface area contributed by atoms with Crippen molar-refractivity contribution in [2.75, 3.05) is 11.1 Å². The number of ether oxygens (including phenoxy) is 1. The molecule has 9 heteroatoms. The van der Waals surface area contributed by atoms with Crippen LogP contribution >= 0.6 is 23.4 Å². The Hall–Kier alpha value is -2.58. The molecule has 0 saturated heterocycles. The molecule has 1 N–H and O–H groups in total. The van der Waals surface area contributed by atoms with E-state index in [1.165, 1.54) is 23.9 Å². The third-order valence-corrected chi connectivity index (χ3v) is 4.93. The predicted molar refractivity (Wildman–Crippen MR) is 107 cm³/mol. The minimum atomic E-state index is -0.321. The number of thioether (sulfide) groups is 1. The van der Waals surface area contributed by atoms with Crippen LogP contribution in [0.3, 0.4) is 0 Å². The van der Waals surface area contributed by atoms with Gasteiger partial charge < -0.3 is 14.6 Å². The Balaban J connectivity index is 1.57. The second kappa shape index (κ2) is 9.57. The fraction of sp³-hybridized carbons (Fsp3) is 0.211. The molecular formula is C19H18ClFN4O2S. The summed E-state index contributed by atoms with van der Waals surface area (Å²) < 4.78 is 20.5. The van der Waals surface area contributed by atoms with Crippen molar-refractivity contribution in [3.05, 3.63) is 65.2 Å². The van der Waals surface area contributed by atoms with Crippen molar-refractivity contribution in [1.29, 1.82) is 0 Å². The van der Waals surface area contributed by atoms with E-state index < -0.39 is 0 Å². The molecule has 1 heterocycles. The van der Waals surface area contributed by atoms with E-state index in [0.717, 1.165) is 0 Å². The molecule has 3 rings (SSSR count). The summed E-state index contributed by atoms with van der Waals surface area (Å²) in [7, 11) is 0. The Labute approximate surface area is 171 Å². The topological polar surface area (TPSA) is 69.0 Å². The van der Waals surface area contributed by atoms with E-state index >= 15 is 0 Å². The van der Waals surface area contributed by atoms with Gasteiger partial charge in [0.2, 0.25) is 5.91 Å². The molecule has 1 aromatic heterocycles. The summed E-state index contributed by atoms with van der Waals surface area (Å²) in [5.74, 6) is 0.872. The highest BCUT2D eigenvalue weighted by Gasteiger charge is 2.14. The van der Waals surface area contributed by atoms with E-state index in [9.17, 15) is 9.18 Å². The van der Waals surface area contributed by atoms with Crippen molar-refractivity contribution >= 4 is 35.0 Å². The van der Waals surface area contributed by atoms with Crippen LogP contribution in [0.4, 0.5) is 10.1 Å². The summed E-state index contributed by atoms with van der Waals surface area (Å²) >= 11 is 7.20. The molecule has 0 bridgehead atoms. The van der Waals surface area contributed by atoms with Crippen LogP contribution in [0.2, 0.25) is 5.02 Å². The monoisotopic (exact) mass is 420 g/mol. The van der Waals surface area contributed by atoms with Crippen LogP contribution in [0.25, 0.3) is 0 Å².